The van der Waals surface area contributed by atoms with Crippen LogP contribution in [0.4, 0.5) is 8.78 Å². The third kappa shape index (κ3) is 4.91. The highest BCUT2D eigenvalue weighted by Gasteiger charge is 2.12. The second kappa shape index (κ2) is 7.85. The standard InChI is InChI=1S/C15H19F2N3O/c16-12-3-4-13(14(17)9-12)15(21)10-18-5-1-2-7-20-8-6-19-11-20/h3-4,6,8-9,11,15,18,21H,1-2,5,7,10H2. The van der Waals surface area contributed by atoms with Crippen molar-refractivity contribution in [3.63, 3.8) is 0 Å². The average Bonchev–Trinajstić information content (AvgIpc) is 2.95. The molecular weight excluding hydrogens is 276 g/mol. The van der Waals surface area contributed by atoms with Gasteiger partial charge in [-0.15, -0.1) is 0 Å². The molecule has 1 unspecified atom stereocenters. The molecule has 4 nitrogen and oxygen atoms in total. The predicted molar refractivity (Wildman–Crippen MR) is 75.6 cm³/mol. The fourth-order valence-electron chi connectivity index (χ4n) is 2.08. The van der Waals surface area contributed by atoms with Crippen molar-refractivity contribution in [3.05, 3.63) is 54.1 Å². The number of aliphatic hydroxyl groups excluding tert-OH is 1. The van der Waals surface area contributed by atoms with Gasteiger partial charge in [-0.1, -0.05) is 6.07 Å². The minimum absolute atomic E-state index is 0.113. The summed E-state index contributed by atoms with van der Waals surface area (Å²) in [7, 11) is 0. The Morgan fingerprint density at radius 1 is 1.29 bits per heavy atom. The molecule has 0 spiro atoms. The van der Waals surface area contributed by atoms with Gasteiger partial charge in [-0.25, -0.2) is 13.8 Å². The molecule has 6 heteroatoms. The van der Waals surface area contributed by atoms with Crippen molar-refractivity contribution in [3.8, 4) is 0 Å². The maximum atomic E-state index is 13.5. The Labute approximate surface area is 122 Å². The highest BCUT2D eigenvalue weighted by molar-refractivity contribution is 5.21. The summed E-state index contributed by atoms with van der Waals surface area (Å²) < 4.78 is 28.2. The van der Waals surface area contributed by atoms with Crippen LogP contribution in [0.3, 0.4) is 0 Å². The molecule has 0 radical (unpaired) electrons. The van der Waals surface area contributed by atoms with Gasteiger partial charge in [0.25, 0.3) is 0 Å². The van der Waals surface area contributed by atoms with E-state index in [4.69, 9.17) is 0 Å². The lowest BCUT2D eigenvalue weighted by atomic mass is 10.1. The number of hydrogen-bond donors (Lipinski definition) is 2. The number of imidazole rings is 1. The third-order valence-corrected chi connectivity index (χ3v) is 3.24. The van der Waals surface area contributed by atoms with Gasteiger partial charge in [-0.3, -0.25) is 0 Å². The molecular formula is C15H19F2N3O. The number of halogens is 2. The van der Waals surface area contributed by atoms with E-state index in [9.17, 15) is 13.9 Å². The van der Waals surface area contributed by atoms with Gasteiger partial charge in [0.2, 0.25) is 0 Å². The van der Waals surface area contributed by atoms with E-state index in [0.717, 1.165) is 38.1 Å². The zero-order valence-electron chi connectivity index (χ0n) is 11.7. The van der Waals surface area contributed by atoms with E-state index in [1.807, 2.05) is 10.8 Å². The van der Waals surface area contributed by atoms with Crippen molar-refractivity contribution in [1.29, 1.82) is 0 Å². The molecule has 0 aliphatic carbocycles. The number of unbranched alkanes of at least 4 members (excludes halogenated alkanes) is 1. The smallest absolute Gasteiger partial charge is 0.131 e. The van der Waals surface area contributed by atoms with Gasteiger partial charge in [0.1, 0.15) is 11.6 Å². The van der Waals surface area contributed by atoms with Crippen molar-refractivity contribution < 1.29 is 13.9 Å². The van der Waals surface area contributed by atoms with Crippen molar-refractivity contribution in [1.82, 2.24) is 14.9 Å². The van der Waals surface area contributed by atoms with Crippen molar-refractivity contribution >= 4 is 0 Å². The maximum Gasteiger partial charge on any atom is 0.131 e. The van der Waals surface area contributed by atoms with E-state index in [-0.39, 0.29) is 12.1 Å². The molecule has 1 atom stereocenters. The van der Waals surface area contributed by atoms with Crippen LogP contribution in [0.15, 0.2) is 36.9 Å². The summed E-state index contributed by atoms with van der Waals surface area (Å²) in [6.45, 7) is 1.87. The fourth-order valence-corrected chi connectivity index (χ4v) is 2.08. The second-order valence-electron chi connectivity index (χ2n) is 4.89. The number of hydrogen-bond acceptors (Lipinski definition) is 3. The van der Waals surface area contributed by atoms with Gasteiger partial charge in [-0.2, -0.15) is 0 Å². The molecule has 1 aromatic heterocycles. The van der Waals surface area contributed by atoms with Gasteiger partial charge in [0.05, 0.1) is 12.4 Å². The minimum Gasteiger partial charge on any atom is -0.387 e. The van der Waals surface area contributed by atoms with E-state index >= 15 is 0 Å². The zero-order chi connectivity index (χ0) is 15.1. The highest BCUT2D eigenvalue weighted by atomic mass is 19.1. The Bertz CT molecular complexity index is 546. The summed E-state index contributed by atoms with van der Waals surface area (Å²) in [5.74, 6) is -1.36. The SMILES string of the molecule is OC(CNCCCCn1ccnc1)c1ccc(F)cc1F. The van der Waals surface area contributed by atoms with Gasteiger partial charge >= 0.3 is 0 Å². The van der Waals surface area contributed by atoms with Crippen molar-refractivity contribution in [2.75, 3.05) is 13.1 Å². The van der Waals surface area contributed by atoms with E-state index in [0.29, 0.717) is 0 Å². The molecule has 2 N–H and O–H groups in total. The predicted octanol–water partition coefficient (Wildman–Crippen LogP) is 2.26. The van der Waals surface area contributed by atoms with Crippen LogP contribution in [0, 0.1) is 11.6 Å². The van der Waals surface area contributed by atoms with Crippen molar-refractivity contribution in [2.45, 2.75) is 25.5 Å². The molecule has 0 saturated carbocycles. The summed E-state index contributed by atoms with van der Waals surface area (Å²) in [6.07, 6.45) is 6.38. The lowest BCUT2D eigenvalue weighted by molar-refractivity contribution is 0.170. The first-order valence-corrected chi connectivity index (χ1v) is 6.96. The van der Waals surface area contributed by atoms with Crippen LogP contribution in [-0.2, 0) is 6.54 Å². The summed E-state index contributed by atoms with van der Waals surface area (Å²) >= 11 is 0. The van der Waals surface area contributed by atoms with Crippen LogP contribution in [0.2, 0.25) is 0 Å². The molecule has 114 valence electrons. The molecule has 0 saturated heterocycles. The first kappa shape index (κ1) is 15.6. The van der Waals surface area contributed by atoms with E-state index in [2.05, 4.69) is 10.3 Å². The first-order valence-electron chi connectivity index (χ1n) is 6.96. The van der Waals surface area contributed by atoms with E-state index < -0.39 is 17.7 Å². The van der Waals surface area contributed by atoms with Crippen LogP contribution >= 0.6 is 0 Å². The summed E-state index contributed by atoms with van der Waals surface area (Å²) in [4.78, 5) is 3.96. The molecule has 21 heavy (non-hydrogen) atoms. The van der Waals surface area contributed by atoms with Crippen LogP contribution in [0.5, 0.6) is 0 Å². The van der Waals surface area contributed by atoms with Crippen LogP contribution in [0.25, 0.3) is 0 Å². The number of nitrogens with one attached hydrogen (secondary N) is 1. The number of benzene rings is 1. The summed E-state index contributed by atoms with van der Waals surface area (Å²) in [6, 6.07) is 3.20. The summed E-state index contributed by atoms with van der Waals surface area (Å²) in [5, 5.41) is 12.9. The largest absolute Gasteiger partial charge is 0.387 e. The summed E-state index contributed by atoms with van der Waals surface area (Å²) in [5.41, 5.74) is 0.113. The molecule has 1 aromatic carbocycles. The van der Waals surface area contributed by atoms with E-state index in [1.165, 1.54) is 6.07 Å². The third-order valence-electron chi connectivity index (χ3n) is 3.24. The molecule has 0 aliphatic rings. The highest BCUT2D eigenvalue weighted by Crippen LogP contribution is 2.17. The number of aromatic nitrogens is 2. The monoisotopic (exact) mass is 295 g/mol. The molecule has 0 bridgehead atoms. The number of aliphatic hydroxyl groups is 1. The number of nitrogens with zero attached hydrogens (tertiary/aromatic N) is 2. The Hall–Kier alpha value is -1.79. The first-order chi connectivity index (χ1) is 10.2. The average molecular weight is 295 g/mol. The lowest BCUT2D eigenvalue weighted by Crippen LogP contribution is -2.23. The lowest BCUT2D eigenvalue weighted by Gasteiger charge is -2.13. The Kier molecular flexibility index (Phi) is 5.83. The van der Waals surface area contributed by atoms with Crippen LogP contribution in [-0.4, -0.2) is 27.7 Å². The van der Waals surface area contributed by atoms with E-state index in [1.54, 1.807) is 12.5 Å². The minimum atomic E-state index is -0.973. The quantitative estimate of drug-likeness (QED) is 0.735. The Morgan fingerprint density at radius 2 is 2.14 bits per heavy atom. The second-order valence-corrected chi connectivity index (χ2v) is 4.89. The zero-order valence-corrected chi connectivity index (χ0v) is 11.7. The molecule has 2 rings (SSSR count). The Morgan fingerprint density at radius 3 is 2.86 bits per heavy atom. The van der Waals surface area contributed by atoms with Crippen LogP contribution < -0.4 is 5.32 Å². The van der Waals surface area contributed by atoms with Gasteiger partial charge in [0.15, 0.2) is 0 Å². The van der Waals surface area contributed by atoms with Crippen LogP contribution in [0.1, 0.15) is 24.5 Å². The fraction of sp³-hybridized carbons (Fsp3) is 0.400. The topological polar surface area (TPSA) is 50.1 Å². The number of aryl methyl sites for hydroxylation is 1. The normalized spacial score (nSPS) is 12.5. The molecule has 1 heterocycles. The van der Waals surface area contributed by atoms with Crippen molar-refractivity contribution in [2.24, 2.45) is 0 Å². The molecule has 2 aromatic rings. The van der Waals surface area contributed by atoms with Gasteiger partial charge in [-0.05, 0) is 25.5 Å². The van der Waals surface area contributed by atoms with Gasteiger partial charge < -0.3 is 15.0 Å². The molecule has 0 fully saturated rings. The maximum absolute atomic E-state index is 13.5. The molecule has 0 amide bonds. The molecule has 0 aliphatic heterocycles. The van der Waals surface area contributed by atoms with Gasteiger partial charge in [0, 0.05) is 37.1 Å². The number of rotatable bonds is 8. The Balaban J connectivity index is 1.63.